The molecule has 0 bridgehead atoms. The van der Waals surface area contributed by atoms with Crippen LogP contribution in [0.1, 0.15) is 194 Å². The smallest absolute Gasteiger partial charge is 0.306 e. The Morgan fingerprint density at radius 1 is 0.577 bits per heavy atom. The van der Waals surface area contributed by atoms with Crippen molar-refractivity contribution in [2.24, 2.45) is 0 Å². The molecule has 0 saturated carbocycles. The molecule has 404 valence electrons. The first kappa shape index (κ1) is 65.3. The Morgan fingerprint density at radius 2 is 1.07 bits per heavy atom. The summed E-state index contributed by atoms with van der Waals surface area (Å²) in [6.07, 6.45) is 52.7. The number of aliphatic hydroxyl groups is 5. The van der Waals surface area contributed by atoms with Gasteiger partial charge in [0.2, 0.25) is 5.91 Å². The summed E-state index contributed by atoms with van der Waals surface area (Å²) in [7, 11) is 0. The second kappa shape index (κ2) is 47.3. The highest BCUT2D eigenvalue weighted by Gasteiger charge is 2.47. The van der Waals surface area contributed by atoms with E-state index in [-0.39, 0.29) is 19.4 Å². The molecule has 8 atom stereocenters. The number of hydrogen-bond acceptors (Lipinski definition) is 10. The van der Waals surface area contributed by atoms with Gasteiger partial charge in [0.15, 0.2) is 12.4 Å². The van der Waals surface area contributed by atoms with Crippen molar-refractivity contribution in [3.05, 3.63) is 109 Å². The number of unbranched alkanes of at least 4 members (excludes halogenated alkanes) is 18. The molecule has 1 fully saturated rings. The Kier molecular flexibility index (Phi) is 43.6. The average molecular weight is 994 g/mol. The minimum Gasteiger partial charge on any atom is -0.454 e. The molecule has 11 heteroatoms. The molecule has 6 N–H and O–H groups in total. The van der Waals surface area contributed by atoms with Crippen LogP contribution in [0.15, 0.2) is 109 Å². The van der Waals surface area contributed by atoms with Crippen LogP contribution in [0.2, 0.25) is 0 Å². The van der Waals surface area contributed by atoms with Crippen LogP contribution >= 0.6 is 0 Å². The lowest BCUT2D eigenvalue weighted by Crippen LogP contribution is -2.61. The third kappa shape index (κ3) is 36.0. The number of aliphatic hydroxyl groups excluding tert-OH is 5. The third-order valence-corrected chi connectivity index (χ3v) is 12.3. The van der Waals surface area contributed by atoms with Gasteiger partial charge in [-0.25, -0.2) is 0 Å². The van der Waals surface area contributed by atoms with Gasteiger partial charge in [-0.3, -0.25) is 9.59 Å². The van der Waals surface area contributed by atoms with Crippen molar-refractivity contribution in [3.63, 3.8) is 0 Å². The first-order chi connectivity index (χ1) is 34.7. The van der Waals surface area contributed by atoms with Crippen molar-refractivity contribution in [2.45, 2.75) is 243 Å². The Balaban J connectivity index is 2.80. The molecule has 71 heavy (non-hydrogen) atoms. The van der Waals surface area contributed by atoms with Gasteiger partial charge in [0.1, 0.15) is 24.4 Å². The fourth-order valence-corrected chi connectivity index (χ4v) is 7.85. The van der Waals surface area contributed by atoms with E-state index in [4.69, 9.17) is 14.2 Å². The molecule has 8 unspecified atom stereocenters. The normalized spacial score (nSPS) is 20.5. The quantitative estimate of drug-likeness (QED) is 0.0149. The van der Waals surface area contributed by atoms with Crippen LogP contribution in [0, 0.1) is 0 Å². The minimum atomic E-state index is -1.64. The summed E-state index contributed by atoms with van der Waals surface area (Å²) < 4.78 is 17.5. The summed E-state index contributed by atoms with van der Waals surface area (Å²) in [6.45, 7) is 5.53. The van der Waals surface area contributed by atoms with Crippen LogP contribution in [0.25, 0.3) is 0 Å². The van der Waals surface area contributed by atoms with Crippen molar-refractivity contribution in [1.82, 2.24) is 5.32 Å². The molecule has 1 rings (SSSR count). The van der Waals surface area contributed by atoms with E-state index in [9.17, 15) is 35.1 Å². The molecule has 0 aromatic carbocycles. The van der Waals surface area contributed by atoms with E-state index >= 15 is 0 Å². The highest BCUT2D eigenvalue weighted by atomic mass is 16.7. The van der Waals surface area contributed by atoms with Crippen LogP contribution in [-0.4, -0.2) is 99.6 Å². The van der Waals surface area contributed by atoms with Crippen LogP contribution in [0.3, 0.4) is 0 Å². The van der Waals surface area contributed by atoms with Crippen LogP contribution < -0.4 is 5.32 Å². The van der Waals surface area contributed by atoms with Crippen molar-refractivity contribution >= 4 is 11.9 Å². The van der Waals surface area contributed by atoms with Gasteiger partial charge in [-0.15, -0.1) is 0 Å². The van der Waals surface area contributed by atoms with Gasteiger partial charge in [0, 0.05) is 6.42 Å². The summed E-state index contributed by atoms with van der Waals surface area (Å²) in [4.78, 5) is 26.4. The lowest BCUT2D eigenvalue weighted by Gasteiger charge is -2.41. The van der Waals surface area contributed by atoms with Crippen LogP contribution in [0.4, 0.5) is 0 Å². The third-order valence-electron chi connectivity index (χ3n) is 12.3. The maximum atomic E-state index is 13.4. The molecule has 1 aliphatic heterocycles. The number of allylic oxidation sites excluding steroid dienone is 17. The number of ether oxygens (including phenoxy) is 3. The van der Waals surface area contributed by atoms with E-state index in [0.717, 1.165) is 89.9 Å². The lowest BCUT2D eigenvalue weighted by atomic mass is 9.99. The zero-order valence-electron chi connectivity index (χ0n) is 44.3. The molecular weight excluding hydrogens is 895 g/mol. The van der Waals surface area contributed by atoms with E-state index < -0.39 is 67.4 Å². The summed E-state index contributed by atoms with van der Waals surface area (Å²) in [6, 6.07) is -1.05. The number of rotatable bonds is 44. The molecule has 11 nitrogen and oxygen atoms in total. The molecule has 0 aliphatic carbocycles. The van der Waals surface area contributed by atoms with E-state index in [2.05, 4.69) is 74.7 Å². The summed E-state index contributed by atoms with van der Waals surface area (Å²) in [5.74, 6) is -1.27. The molecule has 0 spiro atoms. The highest BCUT2D eigenvalue weighted by molar-refractivity contribution is 5.80. The molecule has 1 heterocycles. The molecule has 1 amide bonds. The number of carbonyl (C=O) groups is 2. The van der Waals surface area contributed by atoms with Gasteiger partial charge in [-0.1, -0.05) is 214 Å². The van der Waals surface area contributed by atoms with Gasteiger partial charge in [0.25, 0.3) is 0 Å². The highest BCUT2D eigenvalue weighted by Crippen LogP contribution is 2.26. The molecule has 0 radical (unpaired) electrons. The summed E-state index contributed by atoms with van der Waals surface area (Å²) in [5, 5.41) is 56.7. The Hall–Kier alpha value is -3.68. The molecule has 1 aliphatic rings. The van der Waals surface area contributed by atoms with Crippen molar-refractivity contribution in [1.29, 1.82) is 0 Å². The van der Waals surface area contributed by atoms with Crippen molar-refractivity contribution < 1.29 is 49.3 Å². The lowest BCUT2D eigenvalue weighted by molar-refractivity contribution is -0.305. The zero-order chi connectivity index (χ0) is 51.8. The largest absolute Gasteiger partial charge is 0.454 e. The fourth-order valence-electron chi connectivity index (χ4n) is 7.85. The van der Waals surface area contributed by atoms with Crippen molar-refractivity contribution in [2.75, 3.05) is 13.2 Å². The van der Waals surface area contributed by atoms with Crippen molar-refractivity contribution in [3.8, 4) is 0 Å². The second-order valence-electron chi connectivity index (χ2n) is 18.7. The Labute approximate surface area is 430 Å². The number of carbonyl (C=O) groups excluding carboxylic acids is 2. The Morgan fingerprint density at radius 3 is 1.68 bits per heavy atom. The SMILES string of the molecule is CC/C=C/C=C/C=C\C=C/C=C/CCCCCC(=O)OC1C(OCC(NC(=O)C(O)CCCCC/C=C\C/C=C\C/C=C\CCCCC)C(O)/C=C/CCCCCCCCCCC)OC(CO)C(O)C1O. The Bertz CT molecular complexity index is 1560. The van der Waals surface area contributed by atoms with E-state index in [1.165, 1.54) is 57.8 Å². The number of amides is 1. The minimum absolute atomic E-state index is 0.0652. The fraction of sp³-hybridized carbons (Fsp3) is 0.667. The monoisotopic (exact) mass is 994 g/mol. The maximum absolute atomic E-state index is 13.4. The van der Waals surface area contributed by atoms with E-state index in [1.807, 2.05) is 54.7 Å². The van der Waals surface area contributed by atoms with Gasteiger partial charge in [-0.2, -0.15) is 0 Å². The summed E-state index contributed by atoms with van der Waals surface area (Å²) in [5.41, 5.74) is 0. The van der Waals surface area contributed by atoms with Gasteiger partial charge < -0.3 is 45.1 Å². The number of nitrogens with one attached hydrogen (secondary N) is 1. The standard InChI is InChI=1S/C60H99NO10/c1-4-7-10-13-16-19-22-24-26-28-29-32-35-38-41-44-47-53(64)59(68)61-51(52(63)46-43-40-37-34-31-21-18-15-12-9-6-3)50-69-60-58(57(67)56(66)54(49-62)70-60)71-55(65)48-45-42-39-36-33-30-27-25-23-20-17-14-11-8-5-2/h8,11,14,16-17,19-20,23-27,29-30,32-33,43,46,51-54,56-58,60,62-64,66-67H,4-7,9-10,12-13,15,18,21-22,28,31,34-42,44-45,47-50H2,1-3H3,(H,61,68)/b11-8+,17-14+,19-16-,23-20-,26-24-,27-25-,32-29-,33-30+,46-43+. The zero-order valence-corrected chi connectivity index (χ0v) is 44.3. The average Bonchev–Trinajstić information content (AvgIpc) is 3.37. The maximum Gasteiger partial charge on any atom is 0.306 e. The van der Waals surface area contributed by atoms with E-state index in [0.29, 0.717) is 12.8 Å². The number of hydrogen-bond donors (Lipinski definition) is 6. The van der Waals surface area contributed by atoms with Gasteiger partial charge in [0.05, 0.1) is 25.4 Å². The first-order valence-corrected chi connectivity index (χ1v) is 27.7. The van der Waals surface area contributed by atoms with Crippen LogP contribution in [-0.2, 0) is 23.8 Å². The second-order valence-corrected chi connectivity index (χ2v) is 18.7. The first-order valence-electron chi connectivity index (χ1n) is 27.7. The van der Waals surface area contributed by atoms with E-state index in [1.54, 1.807) is 6.08 Å². The van der Waals surface area contributed by atoms with Gasteiger partial charge in [-0.05, 0) is 83.5 Å². The molecule has 0 aromatic heterocycles. The number of esters is 1. The predicted octanol–water partition coefficient (Wildman–Crippen LogP) is 12.2. The summed E-state index contributed by atoms with van der Waals surface area (Å²) >= 11 is 0. The predicted molar refractivity (Wildman–Crippen MR) is 291 cm³/mol. The van der Waals surface area contributed by atoms with Crippen LogP contribution in [0.5, 0.6) is 0 Å². The topological polar surface area (TPSA) is 175 Å². The molecule has 0 aromatic rings. The molecule has 1 saturated heterocycles. The molecular formula is C60H99NO10. The van der Waals surface area contributed by atoms with Gasteiger partial charge >= 0.3 is 5.97 Å².